The third-order valence-electron chi connectivity index (χ3n) is 3.99. The highest BCUT2D eigenvalue weighted by Crippen LogP contribution is 2.36. The summed E-state index contributed by atoms with van der Waals surface area (Å²) in [5, 5.41) is 3.26. The minimum atomic E-state index is -0.216. The van der Waals surface area contributed by atoms with E-state index in [1.54, 1.807) is 43.3 Å². The van der Waals surface area contributed by atoms with Crippen molar-refractivity contribution in [1.29, 1.82) is 0 Å². The van der Waals surface area contributed by atoms with Crippen LogP contribution in [0.25, 0.3) is 11.5 Å². The molecule has 1 N–H and O–H groups in total. The van der Waals surface area contributed by atoms with E-state index in [2.05, 4.69) is 10.3 Å². The molecule has 6 nitrogen and oxygen atoms in total. The summed E-state index contributed by atoms with van der Waals surface area (Å²) in [6.07, 6.45) is 0.0884. The maximum Gasteiger partial charge on any atom is 0.231 e. The fraction of sp³-hybridized carbons (Fsp3) is 0.158. The number of para-hydroxylation sites is 1. The number of aryl methyl sites for hydroxylation is 1. The second kappa shape index (κ2) is 6.72. The molecule has 4 rings (SSSR count). The van der Waals surface area contributed by atoms with Gasteiger partial charge in [0.25, 0.3) is 0 Å². The minimum absolute atomic E-state index is 0.0884. The van der Waals surface area contributed by atoms with Crippen LogP contribution in [0.1, 0.15) is 11.5 Å². The summed E-state index contributed by atoms with van der Waals surface area (Å²) in [6.45, 7) is 1.98. The van der Waals surface area contributed by atoms with Crippen LogP contribution in [0, 0.1) is 6.92 Å². The lowest BCUT2D eigenvalue weighted by Crippen LogP contribution is -2.15. The summed E-state index contributed by atoms with van der Waals surface area (Å²) in [5.74, 6) is 2.15. The van der Waals surface area contributed by atoms with Gasteiger partial charge in [-0.1, -0.05) is 23.7 Å². The molecule has 1 amide bonds. The van der Waals surface area contributed by atoms with Crippen LogP contribution in [0.3, 0.4) is 0 Å². The summed E-state index contributed by atoms with van der Waals surface area (Å²) in [6, 6.07) is 12.5. The molecular formula is C19H15ClN2O4. The lowest BCUT2D eigenvalue weighted by atomic mass is 10.2. The summed E-state index contributed by atoms with van der Waals surface area (Å²) in [5.41, 5.74) is 1.90. The van der Waals surface area contributed by atoms with Crippen LogP contribution < -0.4 is 14.8 Å². The van der Waals surface area contributed by atoms with E-state index in [-0.39, 0.29) is 19.1 Å². The molecule has 0 fully saturated rings. The Morgan fingerprint density at radius 1 is 1.19 bits per heavy atom. The Bertz CT molecular complexity index is 983. The third kappa shape index (κ3) is 3.23. The first-order valence-corrected chi connectivity index (χ1v) is 8.38. The van der Waals surface area contributed by atoms with Crippen molar-refractivity contribution in [2.24, 2.45) is 0 Å². The molecule has 0 atom stereocenters. The quantitative estimate of drug-likeness (QED) is 0.744. The fourth-order valence-electron chi connectivity index (χ4n) is 2.65. The van der Waals surface area contributed by atoms with Gasteiger partial charge in [-0.2, -0.15) is 0 Å². The zero-order valence-corrected chi connectivity index (χ0v) is 14.7. The Labute approximate surface area is 154 Å². The van der Waals surface area contributed by atoms with Crippen LogP contribution in [0.15, 0.2) is 46.9 Å². The number of fused-ring (bicyclic) bond motifs is 1. The number of hydrogen-bond donors (Lipinski definition) is 1. The van der Waals surface area contributed by atoms with E-state index in [4.69, 9.17) is 25.5 Å². The van der Waals surface area contributed by atoms with Gasteiger partial charge in [0.05, 0.1) is 22.8 Å². The second-order valence-corrected chi connectivity index (χ2v) is 6.20. The Hall–Kier alpha value is -2.99. The molecule has 0 saturated heterocycles. The molecular weight excluding hydrogens is 356 g/mol. The fourth-order valence-corrected chi connectivity index (χ4v) is 2.84. The highest BCUT2D eigenvalue weighted by atomic mass is 35.5. The zero-order chi connectivity index (χ0) is 18.1. The Morgan fingerprint density at radius 3 is 2.85 bits per heavy atom. The van der Waals surface area contributed by atoms with Crippen LogP contribution in [-0.2, 0) is 11.2 Å². The van der Waals surface area contributed by atoms with E-state index in [0.29, 0.717) is 39.6 Å². The molecule has 1 aliphatic rings. The van der Waals surface area contributed by atoms with Gasteiger partial charge in [0, 0.05) is 5.56 Å². The van der Waals surface area contributed by atoms with Gasteiger partial charge in [-0.3, -0.25) is 4.79 Å². The van der Waals surface area contributed by atoms with Gasteiger partial charge in [-0.05, 0) is 37.3 Å². The van der Waals surface area contributed by atoms with Crippen LogP contribution in [0.2, 0.25) is 5.02 Å². The van der Waals surface area contributed by atoms with Crippen molar-refractivity contribution >= 4 is 23.2 Å². The molecule has 1 aliphatic heterocycles. The molecule has 0 spiro atoms. The molecule has 2 heterocycles. The third-order valence-corrected chi connectivity index (χ3v) is 4.32. The van der Waals surface area contributed by atoms with E-state index in [1.807, 2.05) is 6.07 Å². The molecule has 0 unspecified atom stereocenters. The summed E-state index contributed by atoms with van der Waals surface area (Å²) in [7, 11) is 0. The number of carbonyl (C=O) groups is 1. The van der Waals surface area contributed by atoms with Crippen molar-refractivity contribution in [3.05, 3.63) is 58.9 Å². The molecule has 0 saturated carbocycles. The van der Waals surface area contributed by atoms with Gasteiger partial charge >= 0.3 is 0 Å². The van der Waals surface area contributed by atoms with Crippen molar-refractivity contribution in [3.63, 3.8) is 0 Å². The van der Waals surface area contributed by atoms with Crippen molar-refractivity contribution in [2.75, 3.05) is 12.1 Å². The summed E-state index contributed by atoms with van der Waals surface area (Å²) < 4.78 is 16.4. The van der Waals surface area contributed by atoms with Gasteiger partial charge < -0.3 is 19.2 Å². The number of amides is 1. The molecule has 1 aromatic heterocycles. The van der Waals surface area contributed by atoms with Gasteiger partial charge in [-0.25, -0.2) is 4.98 Å². The predicted molar refractivity (Wildman–Crippen MR) is 96.6 cm³/mol. The SMILES string of the molecule is Cc1oc(-c2ccc3c(c2)OCO3)nc1CC(=O)Nc1ccccc1Cl. The van der Waals surface area contributed by atoms with Crippen molar-refractivity contribution in [2.45, 2.75) is 13.3 Å². The topological polar surface area (TPSA) is 73.6 Å². The second-order valence-electron chi connectivity index (χ2n) is 5.79. The number of anilines is 1. The molecule has 0 radical (unpaired) electrons. The molecule has 132 valence electrons. The van der Waals surface area contributed by atoms with E-state index in [0.717, 1.165) is 5.56 Å². The van der Waals surface area contributed by atoms with E-state index in [9.17, 15) is 4.79 Å². The van der Waals surface area contributed by atoms with E-state index >= 15 is 0 Å². The van der Waals surface area contributed by atoms with Gasteiger partial charge in [0.2, 0.25) is 18.6 Å². The first-order chi connectivity index (χ1) is 12.6. The molecule has 7 heteroatoms. The van der Waals surface area contributed by atoms with E-state index in [1.165, 1.54) is 0 Å². The number of oxazole rings is 1. The number of aromatic nitrogens is 1. The normalized spacial score (nSPS) is 12.2. The van der Waals surface area contributed by atoms with Gasteiger partial charge in [0.1, 0.15) is 5.76 Å². The average Bonchev–Trinajstić information content (AvgIpc) is 3.23. The van der Waals surface area contributed by atoms with Gasteiger partial charge in [0.15, 0.2) is 11.5 Å². The molecule has 0 bridgehead atoms. The largest absolute Gasteiger partial charge is 0.454 e. The first kappa shape index (κ1) is 16.5. The smallest absolute Gasteiger partial charge is 0.231 e. The lowest BCUT2D eigenvalue weighted by molar-refractivity contribution is -0.115. The van der Waals surface area contributed by atoms with Crippen LogP contribution in [0.4, 0.5) is 5.69 Å². The maximum absolute atomic E-state index is 12.3. The van der Waals surface area contributed by atoms with Crippen LogP contribution in [-0.4, -0.2) is 17.7 Å². The molecule has 2 aromatic carbocycles. The van der Waals surface area contributed by atoms with Crippen molar-refractivity contribution in [1.82, 2.24) is 4.98 Å². The molecule has 0 aliphatic carbocycles. The number of nitrogens with one attached hydrogen (secondary N) is 1. The summed E-state index contributed by atoms with van der Waals surface area (Å²) >= 11 is 6.06. The standard InChI is InChI=1S/C19H15ClN2O4/c1-11-15(9-18(23)21-14-5-3-2-4-13(14)20)22-19(26-11)12-6-7-16-17(8-12)25-10-24-16/h2-8H,9-10H2,1H3,(H,21,23). The van der Waals surface area contributed by atoms with Gasteiger partial charge in [-0.15, -0.1) is 0 Å². The number of nitrogens with zero attached hydrogens (tertiary/aromatic N) is 1. The number of carbonyl (C=O) groups excluding carboxylic acids is 1. The zero-order valence-electron chi connectivity index (χ0n) is 13.9. The minimum Gasteiger partial charge on any atom is -0.454 e. The molecule has 26 heavy (non-hydrogen) atoms. The Morgan fingerprint density at radius 2 is 2.00 bits per heavy atom. The maximum atomic E-state index is 12.3. The lowest BCUT2D eigenvalue weighted by Gasteiger charge is -2.05. The van der Waals surface area contributed by atoms with Crippen molar-refractivity contribution < 1.29 is 18.7 Å². The predicted octanol–water partition coefficient (Wildman–Crippen LogP) is 4.21. The Kier molecular flexibility index (Phi) is 4.26. The number of rotatable bonds is 4. The van der Waals surface area contributed by atoms with Crippen LogP contribution >= 0.6 is 11.6 Å². The summed E-state index contributed by atoms with van der Waals surface area (Å²) in [4.78, 5) is 16.8. The molecule has 3 aromatic rings. The Balaban J connectivity index is 1.52. The first-order valence-electron chi connectivity index (χ1n) is 8.01. The monoisotopic (exact) mass is 370 g/mol. The van der Waals surface area contributed by atoms with E-state index < -0.39 is 0 Å². The average molecular weight is 371 g/mol. The highest BCUT2D eigenvalue weighted by Gasteiger charge is 2.19. The van der Waals surface area contributed by atoms with Crippen molar-refractivity contribution in [3.8, 4) is 23.0 Å². The number of halogens is 1. The highest BCUT2D eigenvalue weighted by molar-refractivity contribution is 6.33. The number of ether oxygens (including phenoxy) is 2. The number of benzene rings is 2. The number of hydrogen-bond acceptors (Lipinski definition) is 5. The van der Waals surface area contributed by atoms with Crippen LogP contribution in [0.5, 0.6) is 11.5 Å².